The van der Waals surface area contributed by atoms with Gasteiger partial charge in [0.25, 0.3) is 0 Å². The highest BCUT2D eigenvalue weighted by Gasteiger charge is 2.46. The second-order valence-electron chi connectivity index (χ2n) is 11.2. The zero-order chi connectivity index (χ0) is 25.0. The third kappa shape index (κ3) is 4.28. The summed E-state index contributed by atoms with van der Waals surface area (Å²) in [7, 11) is 2.12. The maximum atomic E-state index is 13.7. The van der Waals surface area contributed by atoms with Crippen molar-refractivity contribution in [3.05, 3.63) is 40.6 Å². The van der Waals surface area contributed by atoms with Gasteiger partial charge in [0, 0.05) is 30.9 Å². The predicted molar refractivity (Wildman–Crippen MR) is 127 cm³/mol. The standard InChI is InChI=1S/C25H35F3N6O2/c1-32-14-29-31-23(32)22(15-4-2-5-15)17-8-16(18-11-30-36-13-18)9-19(10-17)34-12-21-20(25(26,27)28)6-3-7-33(21)24(34)35/h3,6-7,12,15-19,22-23,29-31H,2,4-5,8-11,13-14H2,1H3/t16?,17?,18?,19?,22-,23?/m1/s1. The van der Waals surface area contributed by atoms with E-state index in [4.69, 9.17) is 4.84 Å². The zero-order valence-electron chi connectivity index (χ0n) is 20.5. The van der Waals surface area contributed by atoms with Crippen molar-refractivity contribution in [1.29, 1.82) is 0 Å². The van der Waals surface area contributed by atoms with Crippen LogP contribution in [0, 0.1) is 29.6 Å². The van der Waals surface area contributed by atoms with Gasteiger partial charge in [-0.15, -0.1) is 0 Å². The number of rotatable bonds is 5. The first-order chi connectivity index (χ1) is 17.3. The van der Waals surface area contributed by atoms with Crippen molar-refractivity contribution in [2.24, 2.45) is 29.6 Å². The molecular weight excluding hydrogens is 473 g/mol. The molecule has 0 radical (unpaired) electrons. The topological polar surface area (TPSA) is 75.0 Å². The van der Waals surface area contributed by atoms with Crippen LogP contribution in [0.25, 0.3) is 5.52 Å². The minimum absolute atomic E-state index is 0.0727. The lowest BCUT2D eigenvalue weighted by molar-refractivity contribution is -0.136. The third-order valence-electron chi connectivity index (χ3n) is 9.24. The van der Waals surface area contributed by atoms with Crippen molar-refractivity contribution in [3.63, 3.8) is 0 Å². The van der Waals surface area contributed by atoms with Crippen LogP contribution in [0.1, 0.15) is 50.1 Å². The maximum Gasteiger partial charge on any atom is 0.418 e. The monoisotopic (exact) mass is 508 g/mol. The minimum atomic E-state index is -4.52. The highest BCUT2D eigenvalue weighted by molar-refractivity contribution is 5.55. The molecule has 4 fully saturated rings. The van der Waals surface area contributed by atoms with Crippen molar-refractivity contribution in [2.75, 3.05) is 26.9 Å². The fraction of sp³-hybridized carbons (Fsp3) is 0.720. The van der Waals surface area contributed by atoms with E-state index in [2.05, 4.69) is 28.3 Å². The van der Waals surface area contributed by atoms with Gasteiger partial charge < -0.3 is 4.84 Å². The van der Waals surface area contributed by atoms with Crippen molar-refractivity contribution in [3.8, 4) is 0 Å². The van der Waals surface area contributed by atoms with E-state index in [-0.39, 0.29) is 23.4 Å². The van der Waals surface area contributed by atoms with Crippen LogP contribution in [0.15, 0.2) is 29.3 Å². The number of alkyl halides is 3. The van der Waals surface area contributed by atoms with Crippen molar-refractivity contribution in [2.45, 2.75) is 56.9 Å². The number of nitrogens with one attached hydrogen (secondary N) is 3. The second kappa shape index (κ2) is 9.43. The Morgan fingerprint density at radius 2 is 1.97 bits per heavy atom. The summed E-state index contributed by atoms with van der Waals surface area (Å²) in [5, 5.41) is 0. The lowest BCUT2D eigenvalue weighted by Gasteiger charge is -2.48. The summed E-state index contributed by atoms with van der Waals surface area (Å²) in [5.41, 5.74) is 8.54. The number of hydrogen-bond donors (Lipinski definition) is 3. The molecule has 2 aromatic heterocycles. The molecule has 2 aromatic rings. The number of aromatic nitrogens is 2. The Morgan fingerprint density at radius 3 is 2.61 bits per heavy atom. The molecule has 3 N–H and O–H groups in total. The number of pyridine rings is 1. The molecule has 2 saturated heterocycles. The summed E-state index contributed by atoms with van der Waals surface area (Å²) in [5.74, 6) is 2.06. The van der Waals surface area contributed by atoms with Crippen LogP contribution in [0.4, 0.5) is 13.2 Å². The van der Waals surface area contributed by atoms with Gasteiger partial charge in [-0.3, -0.25) is 13.9 Å². The summed E-state index contributed by atoms with van der Waals surface area (Å²) >= 11 is 0. The highest BCUT2D eigenvalue weighted by Crippen LogP contribution is 2.49. The highest BCUT2D eigenvalue weighted by atomic mass is 19.4. The number of halogens is 3. The van der Waals surface area contributed by atoms with Gasteiger partial charge in [0.2, 0.25) is 0 Å². The molecule has 6 atom stereocenters. The van der Waals surface area contributed by atoms with E-state index in [0.29, 0.717) is 36.2 Å². The van der Waals surface area contributed by atoms with Crippen LogP contribution < -0.4 is 22.0 Å². The lowest BCUT2D eigenvalue weighted by atomic mass is 9.62. The van der Waals surface area contributed by atoms with E-state index in [9.17, 15) is 18.0 Å². The Bertz CT molecular complexity index is 1140. The molecule has 2 saturated carbocycles. The van der Waals surface area contributed by atoms with Crippen LogP contribution in [0.2, 0.25) is 0 Å². The molecule has 2 aliphatic carbocycles. The van der Waals surface area contributed by atoms with Crippen molar-refractivity contribution < 1.29 is 18.0 Å². The average molecular weight is 509 g/mol. The predicted octanol–water partition coefficient (Wildman–Crippen LogP) is 2.97. The molecule has 0 aromatic carbocycles. The first-order valence-electron chi connectivity index (χ1n) is 13.1. The smallest absolute Gasteiger partial charge is 0.301 e. The number of fused-ring (bicyclic) bond motifs is 1. The molecule has 8 nitrogen and oxygen atoms in total. The molecule has 36 heavy (non-hydrogen) atoms. The molecule has 11 heteroatoms. The van der Waals surface area contributed by atoms with Gasteiger partial charge >= 0.3 is 11.9 Å². The fourth-order valence-electron chi connectivity index (χ4n) is 7.23. The molecule has 4 heterocycles. The van der Waals surface area contributed by atoms with Gasteiger partial charge in [0.15, 0.2) is 0 Å². The Kier molecular flexibility index (Phi) is 6.40. The molecule has 6 rings (SSSR count). The summed E-state index contributed by atoms with van der Waals surface area (Å²) in [6.45, 7) is 2.18. The van der Waals surface area contributed by atoms with E-state index >= 15 is 0 Å². The molecule has 5 unspecified atom stereocenters. The Hall–Kier alpha value is -1.92. The molecular formula is C25H35F3N6O2. The average Bonchev–Trinajstić information content (AvgIpc) is 3.56. The maximum absolute atomic E-state index is 13.7. The Morgan fingerprint density at radius 1 is 1.14 bits per heavy atom. The van der Waals surface area contributed by atoms with Crippen LogP contribution in [-0.4, -0.2) is 46.9 Å². The van der Waals surface area contributed by atoms with Gasteiger partial charge in [-0.2, -0.15) is 13.2 Å². The Labute approximate surface area is 208 Å². The fourth-order valence-corrected chi connectivity index (χ4v) is 7.23. The third-order valence-corrected chi connectivity index (χ3v) is 9.24. The number of hydrogen-bond acceptors (Lipinski definition) is 6. The number of hydrazine groups is 1. The molecule has 4 aliphatic rings. The molecule has 2 aliphatic heterocycles. The van der Waals surface area contributed by atoms with E-state index in [1.54, 1.807) is 4.57 Å². The van der Waals surface area contributed by atoms with Crippen LogP contribution in [0.3, 0.4) is 0 Å². The second-order valence-corrected chi connectivity index (χ2v) is 11.2. The van der Waals surface area contributed by atoms with Crippen LogP contribution in [-0.2, 0) is 11.0 Å². The minimum Gasteiger partial charge on any atom is -0.301 e. The number of hydroxylamine groups is 1. The summed E-state index contributed by atoms with van der Waals surface area (Å²) in [6.07, 6.45) is 4.86. The van der Waals surface area contributed by atoms with Gasteiger partial charge in [0.1, 0.15) is 0 Å². The first kappa shape index (κ1) is 24.4. The summed E-state index contributed by atoms with van der Waals surface area (Å²) in [6, 6.07) is 2.20. The Balaban J connectivity index is 1.38. The van der Waals surface area contributed by atoms with Crippen molar-refractivity contribution >= 4 is 5.52 Å². The van der Waals surface area contributed by atoms with Gasteiger partial charge in [-0.25, -0.2) is 21.1 Å². The number of nitrogens with zero attached hydrogens (tertiary/aromatic N) is 3. The molecule has 0 spiro atoms. The van der Waals surface area contributed by atoms with E-state index in [1.807, 2.05) is 0 Å². The van der Waals surface area contributed by atoms with Crippen LogP contribution >= 0.6 is 0 Å². The van der Waals surface area contributed by atoms with E-state index < -0.39 is 11.7 Å². The SMILES string of the molecule is CN1CNNC1[C@H](C1CCC1)C1CC(C2CNOC2)CC(n2cc3c(C(F)(F)F)cccn3c2=O)C1. The zero-order valence-corrected chi connectivity index (χ0v) is 20.5. The van der Waals surface area contributed by atoms with Gasteiger partial charge in [0.05, 0.1) is 30.5 Å². The van der Waals surface area contributed by atoms with Gasteiger partial charge in [-0.05, 0) is 62.1 Å². The normalized spacial score (nSPS) is 33.3. The number of imidazole rings is 1. The summed E-state index contributed by atoms with van der Waals surface area (Å²) in [4.78, 5) is 21.2. The molecule has 0 bridgehead atoms. The lowest BCUT2D eigenvalue weighted by Crippen LogP contribution is -2.51. The van der Waals surface area contributed by atoms with E-state index in [0.717, 1.165) is 42.9 Å². The summed E-state index contributed by atoms with van der Waals surface area (Å²) < 4.78 is 43.9. The molecule has 198 valence electrons. The largest absolute Gasteiger partial charge is 0.418 e. The van der Waals surface area contributed by atoms with Gasteiger partial charge in [-0.1, -0.05) is 19.3 Å². The molecule has 0 amide bonds. The van der Waals surface area contributed by atoms with E-state index in [1.165, 1.54) is 37.7 Å². The first-order valence-corrected chi connectivity index (χ1v) is 13.1. The quantitative estimate of drug-likeness (QED) is 0.577. The van der Waals surface area contributed by atoms with Crippen molar-refractivity contribution in [1.82, 2.24) is 30.2 Å². The van der Waals surface area contributed by atoms with Crippen LogP contribution in [0.5, 0.6) is 0 Å².